The molecule has 1 aliphatic rings. The van der Waals surface area contributed by atoms with E-state index in [1.54, 1.807) is 23.1 Å². The van der Waals surface area contributed by atoms with Gasteiger partial charge in [0, 0.05) is 25.5 Å². The summed E-state index contributed by atoms with van der Waals surface area (Å²) in [5, 5.41) is 7.44. The molecule has 4 rings (SSSR count). The fourth-order valence-corrected chi connectivity index (χ4v) is 3.56. The highest BCUT2D eigenvalue weighted by Crippen LogP contribution is 2.24. The van der Waals surface area contributed by atoms with E-state index in [2.05, 4.69) is 27.3 Å². The first-order chi connectivity index (χ1) is 13.1. The van der Waals surface area contributed by atoms with E-state index in [4.69, 9.17) is 0 Å². The predicted octanol–water partition coefficient (Wildman–Crippen LogP) is 3.20. The molecule has 7 heteroatoms. The summed E-state index contributed by atoms with van der Waals surface area (Å²) in [5.41, 5.74) is 2.00. The molecule has 0 radical (unpaired) electrons. The van der Waals surface area contributed by atoms with Crippen molar-refractivity contribution in [2.45, 2.75) is 38.6 Å². The number of pyridine rings is 1. The molecule has 3 aromatic rings. The molecule has 140 valence electrons. The molecule has 1 N–H and O–H groups in total. The van der Waals surface area contributed by atoms with E-state index in [0.717, 1.165) is 43.1 Å². The number of carbonyl (C=O) groups excluding carboxylic acids is 1. The summed E-state index contributed by atoms with van der Waals surface area (Å²) in [5.74, 6) is 1.39. The molecule has 7 nitrogen and oxygen atoms in total. The zero-order chi connectivity index (χ0) is 18.8. The van der Waals surface area contributed by atoms with Crippen LogP contribution in [0.5, 0.6) is 0 Å². The molecule has 3 aromatic heterocycles. The van der Waals surface area contributed by atoms with Crippen LogP contribution in [0.15, 0.2) is 43.0 Å². The van der Waals surface area contributed by atoms with Gasteiger partial charge in [-0.3, -0.25) is 9.78 Å². The van der Waals surface area contributed by atoms with Crippen molar-refractivity contribution in [3.63, 3.8) is 0 Å². The molecule has 0 saturated heterocycles. The third-order valence-electron chi connectivity index (χ3n) is 5.33. The van der Waals surface area contributed by atoms with Gasteiger partial charge in [-0.25, -0.2) is 9.50 Å². The quantitative estimate of drug-likeness (QED) is 0.769. The Kier molecular flexibility index (Phi) is 4.75. The van der Waals surface area contributed by atoms with Gasteiger partial charge in [0.2, 0.25) is 0 Å². The van der Waals surface area contributed by atoms with Crippen LogP contribution in [0, 0.1) is 5.92 Å². The second kappa shape index (κ2) is 7.34. The van der Waals surface area contributed by atoms with Crippen LogP contribution in [-0.2, 0) is 0 Å². The lowest BCUT2D eigenvalue weighted by molar-refractivity contribution is 0.0924. The fourth-order valence-electron chi connectivity index (χ4n) is 3.56. The number of amides is 1. The van der Waals surface area contributed by atoms with Crippen molar-refractivity contribution < 1.29 is 4.79 Å². The van der Waals surface area contributed by atoms with Crippen molar-refractivity contribution in [1.82, 2.24) is 24.9 Å². The largest absolute Gasteiger partial charge is 0.349 e. The number of carbonyl (C=O) groups is 1. The number of anilines is 2. The first kappa shape index (κ1) is 17.5. The molecule has 1 amide bonds. The third kappa shape index (κ3) is 3.63. The molecule has 0 atom stereocenters. The van der Waals surface area contributed by atoms with E-state index in [0.29, 0.717) is 11.2 Å². The topological polar surface area (TPSA) is 75.4 Å². The van der Waals surface area contributed by atoms with E-state index in [9.17, 15) is 4.79 Å². The van der Waals surface area contributed by atoms with Crippen molar-refractivity contribution in [2.75, 3.05) is 11.9 Å². The molecule has 0 aromatic carbocycles. The van der Waals surface area contributed by atoms with Crippen molar-refractivity contribution in [2.24, 2.45) is 5.92 Å². The van der Waals surface area contributed by atoms with Crippen LogP contribution >= 0.6 is 0 Å². The minimum Gasteiger partial charge on any atom is -0.349 e. The smallest absolute Gasteiger partial charge is 0.256 e. The van der Waals surface area contributed by atoms with E-state index in [-0.39, 0.29) is 11.9 Å². The molecule has 0 unspecified atom stereocenters. The lowest BCUT2D eigenvalue weighted by Gasteiger charge is -2.26. The summed E-state index contributed by atoms with van der Waals surface area (Å²) < 4.78 is 1.64. The van der Waals surface area contributed by atoms with E-state index < -0.39 is 0 Å². The molecule has 0 spiro atoms. The van der Waals surface area contributed by atoms with Crippen LogP contribution in [0.3, 0.4) is 0 Å². The molecule has 3 heterocycles. The molecular formula is C20H24N6O. The second-order valence-electron chi connectivity index (χ2n) is 7.31. The summed E-state index contributed by atoms with van der Waals surface area (Å²) in [6.07, 6.45) is 11.3. The Labute approximate surface area is 158 Å². The van der Waals surface area contributed by atoms with Crippen LogP contribution < -0.4 is 10.2 Å². The second-order valence-corrected chi connectivity index (χ2v) is 7.31. The summed E-state index contributed by atoms with van der Waals surface area (Å²) in [4.78, 5) is 23.6. The Bertz CT molecular complexity index is 930. The van der Waals surface area contributed by atoms with Gasteiger partial charge in [-0.15, -0.1) is 0 Å². The summed E-state index contributed by atoms with van der Waals surface area (Å²) in [6.45, 7) is 2.27. The number of nitrogens with zero attached hydrogens (tertiary/aromatic N) is 5. The Morgan fingerprint density at radius 3 is 2.78 bits per heavy atom. The first-order valence-electron chi connectivity index (χ1n) is 9.41. The normalized spacial score (nSPS) is 19.8. The van der Waals surface area contributed by atoms with Crippen molar-refractivity contribution in [3.05, 3.63) is 48.5 Å². The molecule has 0 aliphatic heterocycles. The highest BCUT2D eigenvalue weighted by molar-refractivity contribution is 6.00. The Hall–Kier alpha value is -2.96. The predicted molar refractivity (Wildman–Crippen MR) is 104 cm³/mol. The van der Waals surface area contributed by atoms with Gasteiger partial charge in [-0.2, -0.15) is 5.10 Å². The van der Waals surface area contributed by atoms with Gasteiger partial charge in [0.25, 0.3) is 5.91 Å². The Morgan fingerprint density at radius 2 is 2.04 bits per heavy atom. The van der Waals surface area contributed by atoms with E-state index in [1.165, 1.54) is 0 Å². The van der Waals surface area contributed by atoms with Crippen LogP contribution in [0.2, 0.25) is 0 Å². The van der Waals surface area contributed by atoms with Gasteiger partial charge < -0.3 is 10.2 Å². The van der Waals surface area contributed by atoms with Gasteiger partial charge in [0.15, 0.2) is 5.65 Å². The van der Waals surface area contributed by atoms with E-state index >= 15 is 0 Å². The average molecular weight is 364 g/mol. The lowest BCUT2D eigenvalue weighted by atomic mass is 9.87. The minimum absolute atomic E-state index is 0.0989. The van der Waals surface area contributed by atoms with Crippen LogP contribution in [0.25, 0.3) is 5.65 Å². The number of rotatable bonds is 4. The molecule has 1 saturated carbocycles. The maximum absolute atomic E-state index is 12.8. The van der Waals surface area contributed by atoms with Crippen LogP contribution in [-0.4, -0.2) is 38.6 Å². The van der Waals surface area contributed by atoms with Crippen molar-refractivity contribution >= 4 is 23.1 Å². The summed E-state index contributed by atoms with van der Waals surface area (Å²) in [6, 6.07) is 5.96. The molecular weight excluding hydrogens is 340 g/mol. The summed E-state index contributed by atoms with van der Waals surface area (Å²) >= 11 is 0. The molecule has 1 aliphatic carbocycles. The molecule has 0 bridgehead atoms. The van der Waals surface area contributed by atoms with Gasteiger partial charge in [0.05, 0.1) is 18.1 Å². The average Bonchev–Trinajstić information content (AvgIpc) is 3.13. The number of nitrogens with one attached hydrogen (secondary N) is 1. The Morgan fingerprint density at radius 1 is 1.22 bits per heavy atom. The number of aromatic nitrogens is 4. The highest BCUT2D eigenvalue weighted by atomic mass is 16.1. The Balaban J connectivity index is 1.57. The van der Waals surface area contributed by atoms with Gasteiger partial charge in [-0.05, 0) is 49.8 Å². The van der Waals surface area contributed by atoms with Gasteiger partial charge in [-0.1, -0.05) is 6.92 Å². The highest BCUT2D eigenvalue weighted by Gasteiger charge is 2.22. The zero-order valence-electron chi connectivity index (χ0n) is 15.7. The number of hydrogen-bond acceptors (Lipinski definition) is 5. The number of fused-ring (bicyclic) bond motifs is 1. The maximum Gasteiger partial charge on any atom is 0.256 e. The summed E-state index contributed by atoms with van der Waals surface area (Å²) in [7, 11) is 1.93. The third-order valence-corrected chi connectivity index (χ3v) is 5.33. The molecule has 27 heavy (non-hydrogen) atoms. The maximum atomic E-state index is 12.8. The minimum atomic E-state index is -0.0989. The lowest BCUT2D eigenvalue weighted by Crippen LogP contribution is -2.37. The number of hydrogen-bond donors (Lipinski definition) is 1. The van der Waals surface area contributed by atoms with Gasteiger partial charge in [0.1, 0.15) is 11.4 Å². The first-order valence-corrected chi connectivity index (χ1v) is 9.41. The van der Waals surface area contributed by atoms with Gasteiger partial charge >= 0.3 is 0 Å². The SMILES string of the molecule is CC1CCC(NC(=O)c2cnn3ccc(N(C)c4cccnc4)nc23)CC1. The monoisotopic (exact) mass is 364 g/mol. The molecule has 1 fully saturated rings. The van der Waals surface area contributed by atoms with Crippen LogP contribution in [0.1, 0.15) is 43.0 Å². The standard InChI is InChI=1S/C20H24N6O/c1-14-5-7-15(8-6-14)23-20(27)17-13-22-26-11-9-18(24-19(17)26)25(2)16-4-3-10-21-12-16/h3-4,9-15H,5-8H2,1-2H3,(H,23,27). The van der Waals surface area contributed by atoms with Crippen molar-refractivity contribution in [1.29, 1.82) is 0 Å². The van der Waals surface area contributed by atoms with E-state index in [1.807, 2.05) is 36.3 Å². The zero-order valence-corrected chi connectivity index (χ0v) is 15.7. The van der Waals surface area contributed by atoms with Crippen molar-refractivity contribution in [3.8, 4) is 0 Å². The van der Waals surface area contributed by atoms with Crippen LogP contribution in [0.4, 0.5) is 11.5 Å². The fraction of sp³-hybridized carbons (Fsp3) is 0.400.